The normalized spacial score (nSPS) is 19.7. The number of aliphatic carboxylic acids is 1. The lowest BCUT2D eigenvalue weighted by Crippen LogP contribution is -2.80. The first-order valence-corrected chi connectivity index (χ1v) is 11.4. The van der Waals surface area contributed by atoms with Crippen LogP contribution < -0.4 is 21.7 Å². The van der Waals surface area contributed by atoms with E-state index in [1.54, 1.807) is 45.0 Å². The molecular formula is C21H30N4O6S. The molecule has 1 aromatic carbocycles. The van der Waals surface area contributed by atoms with Gasteiger partial charge in [0.2, 0.25) is 11.8 Å². The molecule has 1 aromatic rings. The number of anilines is 1. The average Bonchev–Trinajstić information content (AvgIpc) is 2.68. The minimum atomic E-state index is -1.68. The monoisotopic (exact) mass is 466 g/mol. The Bertz CT molecular complexity index is 870. The lowest BCUT2D eigenvalue weighted by Gasteiger charge is -2.45. The third kappa shape index (κ3) is 6.60. The molecule has 6 N–H and O–H groups in total. The van der Waals surface area contributed by atoms with Crippen molar-refractivity contribution in [2.24, 2.45) is 5.73 Å². The summed E-state index contributed by atoms with van der Waals surface area (Å²) in [5.41, 5.74) is 4.94. The van der Waals surface area contributed by atoms with Crippen molar-refractivity contribution in [2.75, 3.05) is 17.3 Å². The Kier molecular flexibility index (Phi) is 8.13. The van der Waals surface area contributed by atoms with Crippen molar-refractivity contribution >= 4 is 41.3 Å². The molecule has 0 bridgehead atoms. The number of benzene rings is 1. The van der Waals surface area contributed by atoms with Gasteiger partial charge >= 0.3 is 12.1 Å². The number of thioether (sulfide) groups is 1. The van der Waals surface area contributed by atoms with Gasteiger partial charge in [-0.2, -0.15) is 11.8 Å². The van der Waals surface area contributed by atoms with Gasteiger partial charge in [0.05, 0.1) is 12.5 Å². The molecule has 0 radical (unpaired) electrons. The number of carbonyl (C=O) groups is 4. The molecular weight excluding hydrogens is 436 g/mol. The Balaban J connectivity index is 1.96. The molecule has 0 aliphatic carbocycles. The fourth-order valence-electron chi connectivity index (χ4n) is 3.16. The lowest BCUT2D eigenvalue weighted by atomic mass is 9.78. The van der Waals surface area contributed by atoms with Crippen LogP contribution in [-0.4, -0.2) is 64.2 Å². The highest BCUT2D eigenvalue weighted by Crippen LogP contribution is 2.24. The minimum Gasteiger partial charge on any atom is -0.480 e. The number of carboxylic acid groups (broad SMARTS) is 1. The molecule has 0 aromatic heterocycles. The zero-order valence-corrected chi connectivity index (χ0v) is 19.4. The maximum Gasteiger partial charge on any atom is 0.412 e. The fraction of sp³-hybridized carbons (Fsp3) is 0.524. The van der Waals surface area contributed by atoms with Crippen LogP contribution in [-0.2, 0) is 25.5 Å². The van der Waals surface area contributed by atoms with E-state index in [2.05, 4.69) is 16.0 Å². The van der Waals surface area contributed by atoms with Gasteiger partial charge < -0.3 is 26.2 Å². The van der Waals surface area contributed by atoms with Crippen LogP contribution in [0.4, 0.5) is 10.5 Å². The number of carboxylic acids is 1. The van der Waals surface area contributed by atoms with Crippen LogP contribution in [0, 0.1) is 0 Å². The second-order valence-electron chi connectivity index (χ2n) is 8.62. The molecule has 176 valence electrons. The standard InChI is InChI=1S/C21H30N4O6S/c1-20(2,3)31-19(30)23-13-7-5-12(6-8-13)11-14(26)24-15-16(25-17(15)27)21(22,18(28)29)9-10-32-4/h5-8,15-16H,9-11,22H2,1-4H3,(H,23,30)(H,24,26)(H,25,27)(H,28,29). The topological polar surface area (TPSA) is 160 Å². The van der Waals surface area contributed by atoms with E-state index in [1.807, 2.05) is 6.26 Å². The highest BCUT2D eigenvalue weighted by atomic mass is 32.2. The van der Waals surface area contributed by atoms with Crippen LogP contribution >= 0.6 is 11.8 Å². The zero-order valence-electron chi connectivity index (χ0n) is 18.6. The molecule has 10 nitrogen and oxygen atoms in total. The predicted octanol–water partition coefficient (Wildman–Crippen LogP) is 1.09. The van der Waals surface area contributed by atoms with Gasteiger partial charge in [0.15, 0.2) is 0 Å². The summed E-state index contributed by atoms with van der Waals surface area (Å²) in [4.78, 5) is 48.0. The van der Waals surface area contributed by atoms with Crippen molar-refractivity contribution in [1.29, 1.82) is 0 Å². The van der Waals surface area contributed by atoms with Crippen molar-refractivity contribution in [3.05, 3.63) is 29.8 Å². The van der Waals surface area contributed by atoms with E-state index in [1.165, 1.54) is 11.8 Å². The van der Waals surface area contributed by atoms with Crippen LogP contribution in [0.2, 0.25) is 0 Å². The van der Waals surface area contributed by atoms with Crippen molar-refractivity contribution in [1.82, 2.24) is 10.6 Å². The minimum absolute atomic E-state index is 0.0291. The lowest BCUT2D eigenvalue weighted by molar-refractivity contribution is -0.150. The van der Waals surface area contributed by atoms with Gasteiger partial charge in [-0.25, -0.2) is 4.79 Å². The average molecular weight is 467 g/mol. The van der Waals surface area contributed by atoms with Crippen LogP contribution in [0.25, 0.3) is 0 Å². The molecule has 1 aliphatic rings. The fourth-order valence-corrected chi connectivity index (χ4v) is 3.70. The van der Waals surface area contributed by atoms with Crippen molar-refractivity contribution in [2.45, 2.75) is 56.8 Å². The van der Waals surface area contributed by atoms with E-state index in [0.717, 1.165) is 0 Å². The molecule has 3 atom stereocenters. The van der Waals surface area contributed by atoms with Crippen LogP contribution in [0.1, 0.15) is 32.8 Å². The van der Waals surface area contributed by atoms with E-state index < -0.39 is 47.1 Å². The summed E-state index contributed by atoms with van der Waals surface area (Å²) in [6.45, 7) is 5.28. The summed E-state index contributed by atoms with van der Waals surface area (Å²) in [5.74, 6) is -1.65. The quantitative estimate of drug-likeness (QED) is 0.338. The first-order chi connectivity index (χ1) is 14.9. The van der Waals surface area contributed by atoms with Crippen LogP contribution in [0.15, 0.2) is 24.3 Å². The Hall–Kier alpha value is -2.79. The second kappa shape index (κ2) is 10.2. The van der Waals surface area contributed by atoms with Crippen LogP contribution in [0.3, 0.4) is 0 Å². The number of ether oxygens (including phenoxy) is 1. The van der Waals surface area contributed by atoms with E-state index in [0.29, 0.717) is 17.0 Å². The number of hydrogen-bond donors (Lipinski definition) is 5. The molecule has 1 fully saturated rings. The number of nitrogens with one attached hydrogen (secondary N) is 3. The molecule has 3 amide bonds. The molecule has 3 unspecified atom stereocenters. The predicted molar refractivity (Wildman–Crippen MR) is 121 cm³/mol. The van der Waals surface area contributed by atoms with Crippen LogP contribution in [0.5, 0.6) is 0 Å². The molecule has 1 aliphatic heterocycles. The summed E-state index contributed by atoms with van der Waals surface area (Å²) in [5, 5.41) is 17.3. The van der Waals surface area contributed by atoms with Gasteiger partial charge in [0.1, 0.15) is 17.2 Å². The summed E-state index contributed by atoms with van der Waals surface area (Å²) in [7, 11) is 0. The SMILES string of the molecule is CSCCC(N)(C(=O)O)C1NC(=O)C1NC(=O)Cc1ccc(NC(=O)OC(C)(C)C)cc1. The van der Waals surface area contributed by atoms with E-state index >= 15 is 0 Å². The van der Waals surface area contributed by atoms with Gasteiger partial charge in [0.25, 0.3) is 0 Å². The Morgan fingerprint density at radius 3 is 2.34 bits per heavy atom. The third-order valence-electron chi connectivity index (χ3n) is 4.87. The Morgan fingerprint density at radius 1 is 1.22 bits per heavy atom. The van der Waals surface area contributed by atoms with Gasteiger partial charge in [-0.1, -0.05) is 12.1 Å². The highest BCUT2D eigenvalue weighted by Gasteiger charge is 2.55. The number of nitrogens with two attached hydrogens (primary N) is 1. The second-order valence-corrected chi connectivity index (χ2v) is 9.61. The van der Waals surface area contributed by atoms with Gasteiger partial charge in [-0.05, 0) is 56.9 Å². The molecule has 0 spiro atoms. The maximum absolute atomic E-state index is 12.5. The first kappa shape index (κ1) is 25.5. The Labute approximate surface area is 191 Å². The smallest absolute Gasteiger partial charge is 0.412 e. The Morgan fingerprint density at radius 2 is 1.84 bits per heavy atom. The van der Waals surface area contributed by atoms with E-state index in [4.69, 9.17) is 10.5 Å². The van der Waals surface area contributed by atoms with Crippen molar-refractivity contribution < 1.29 is 29.0 Å². The largest absolute Gasteiger partial charge is 0.480 e. The molecule has 1 heterocycles. The van der Waals surface area contributed by atoms with Gasteiger partial charge in [0, 0.05) is 5.69 Å². The summed E-state index contributed by atoms with van der Waals surface area (Å²) < 4.78 is 5.18. The molecule has 32 heavy (non-hydrogen) atoms. The molecule has 11 heteroatoms. The molecule has 0 saturated carbocycles. The summed E-state index contributed by atoms with van der Waals surface area (Å²) in [6, 6.07) is 4.66. The van der Waals surface area contributed by atoms with E-state index in [9.17, 15) is 24.3 Å². The number of β-lactam (4-membered cyclic amide) rings is 1. The third-order valence-corrected chi connectivity index (χ3v) is 5.48. The highest BCUT2D eigenvalue weighted by molar-refractivity contribution is 7.98. The van der Waals surface area contributed by atoms with Crippen molar-refractivity contribution in [3.8, 4) is 0 Å². The first-order valence-electron chi connectivity index (χ1n) is 10.1. The summed E-state index contributed by atoms with van der Waals surface area (Å²) >= 11 is 1.45. The number of carbonyl (C=O) groups excluding carboxylic acids is 3. The van der Waals surface area contributed by atoms with Gasteiger partial charge in [-0.15, -0.1) is 0 Å². The number of hydrogen-bond acceptors (Lipinski definition) is 7. The molecule has 1 saturated heterocycles. The van der Waals surface area contributed by atoms with Crippen molar-refractivity contribution in [3.63, 3.8) is 0 Å². The molecule has 2 rings (SSSR count). The number of rotatable bonds is 9. The van der Waals surface area contributed by atoms with Gasteiger partial charge in [-0.3, -0.25) is 19.7 Å². The maximum atomic E-state index is 12.5. The van der Waals surface area contributed by atoms with E-state index in [-0.39, 0.29) is 12.8 Å². The zero-order chi connectivity index (χ0) is 24.1. The summed E-state index contributed by atoms with van der Waals surface area (Å²) in [6.07, 6.45) is 1.36. The number of amides is 3.